The molecule has 0 fully saturated rings. The van der Waals surface area contributed by atoms with Crippen LogP contribution in [0.5, 0.6) is 0 Å². The lowest BCUT2D eigenvalue weighted by Crippen LogP contribution is -2.17. The molecule has 2 rings (SSSR count). The van der Waals surface area contributed by atoms with E-state index in [1.807, 2.05) is 0 Å². The normalized spacial score (nSPS) is 10.2. The van der Waals surface area contributed by atoms with Gasteiger partial charge in [0.2, 0.25) is 0 Å². The molecule has 2 aromatic rings. The molecule has 0 radical (unpaired) electrons. The van der Waals surface area contributed by atoms with Crippen LogP contribution in [0.2, 0.25) is 5.02 Å². The highest BCUT2D eigenvalue weighted by Crippen LogP contribution is 2.24. The van der Waals surface area contributed by atoms with E-state index in [0.29, 0.717) is 4.47 Å². The van der Waals surface area contributed by atoms with E-state index in [0.717, 1.165) is 0 Å². The summed E-state index contributed by atoms with van der Waals surface area (Å²) in [6.45, 7) is 0. The summed E-state index contributed by atoms with van der Waals surface area (Å²) in [4.78, 5) is 16.0. The summed E-state index contributed by atoms with van der Waals surface area (Å²) in [6, 6.07) is 6.94. The number of anilines is 2. The molecular weight excluding hydrogens is 351 g/mol. The molecule has 0 aliphatic heterocycles. The molecule has 1 heterocycles. The van der Waals surface area contributed by atoms with Crippen molar-refractivity contribution in [3.8, 4) is 0 Å². The van der Waals surface area contributed by atoms with Crippen LogP contribution < -0.4 is 16.6 Å². The molecule has 0 saturated heterocycles. The third-order valence-corrected chi connectivity index (χ3v) is 3.38. The van der Waals surface area contributed by atoms with E-state index in [9.17, 15) is 9.18 Å². The van der Waals surface area contributed by atoms with Gasteiger partial charge in [-0.1, -0.05) is 11.6 Å². The van der Waals surface area contributed by atoms with Gasteiger partial charge in [0.1, 0.15) is 17.3 Å². The molecule has 0 aliphatic rings. The second kappa shape index (κ2) is 6.17. The van der Waals surface area contributed by atoms with Crippen LogP contribution in [0, 0.1) is 5.82 Å². The van der Waals surface area contributed by atoms with Gasteiger partial charge < -0.3 is 10.7 Å². The number of rotatable bonds is 3. The molecule has 4 N–H and O–H groups in total. The van der Waals surface area contributed by atoms with Crippen LogP contribution in [0.4, 0.5) is 15.9 Å². The van der Waals surface area contributed by atoms with Crippen molar-refractivity contribution in [2.45, 2.75) is 0 Å². The van der Waals surface area contributed by atoms with Gasteiger partial charge in [-0.05, 0) is 46.3 Å². The highest BCUT2D eigenvalue weighted by Gasteiger charge is 2.15. The van der Waals surface area contributed by atoms with Gasteiger partial charge in [0.25, 0.3) is 5.91 Å². The number of carbonyl (C=O) groups excluding carboxylic acids is 1. The second-order valence-corrected chi connectivity index (χ2v) is 5.01. The summed E-state index contributed by atoms with van der Waals surface area (Å²) in [5.74, 6) is 4.47. The summed E-state index contributed by atoms with van der Waals surface area (Å²) < 4.78 is 13.7. The Kier molecular flexibility index (Phi) is 4.53. The second-order valence-electron chi connectivity index (χ2n) is 3.75. The van der Waals surface area contributed by atoms with E-state index in [2.05, 4.69) is 31.7 Å². The van der Waals surface area contributed by atoms with Gasteiger partial charge >= 0.3 is 0 Å². The van der Waals surface area contributed by atoms with Crippen molar-refractivity contribution in [1.82, 2.24) is 4.98 Å². The molecule has 0 bridgehead atoms. The number of hydrogen-bond donors (Lipinski definition) is 3. The van der Waals surface area contributed by atoms with Crippen molar-refractivity contribution in [3.05, 3.63) is 51.3 Å². The SMILES string of the molecule is NNc1ccc(Cl)c(C(=O)Nc2cc(F)ccc2Br)n1. The maximum absolute atomic E-state index is 13.2. The van der Waals surface area contributed by atoms with E-state index in [4.69, 9.17) is 17.4 Å². The fourth-order valence-corrected chi connectivity index (χ4v) is 1.99. The molecule has 104 valence electrons. The van der Waals surface area contributed by atoms with E-state index in [1.165, 1.54) is 30.3 Å². The van der Waals surface area contributed by atoms with Crippen molar-refractivity contribution in [2.75, 3.05) is 10.7 Å². The number of benzene rings is 1. The predicted molar refractivity (Wildman–Crippen MR) is 79.1 cm³/mol. The quantitative estimate of drug-likeness (QED) is 0.581. The average Bonchev–Trinajstić information content (AvgIpc) is 2.43. The third kappa shape index (κ3) is 3.24. The minimum absolute atomic E-state index is 0.0155. The first-order valence-electron chi connectivity index (χ1n) is 5.41. The van der Waals surface area contributed by atoms with Crippen molar-refractivity contribution in [3.63, 3.8) is 0 Å². The third-order valence-electron chi connectivity index (χ3n) is 2.39. The molecular formula is C12H9BrClFN4O. The number of nitrogens with zero attached hydrogens (tertiary/aromatic N) is 1. The summed E-state index contributed by atoms with van der Waals surface area (Å²) in [5.41, 5.74) is 2.58. The van der Waals surface area contributed by atoms with Crippen molar-refractivity contribution >= 4 is 44.9 Å². The number of hydrazine groups is 1. The molecule has 8 heteroatoms. The van der Waals surface area contributed by atoms with E-state index in [1.54, 1.807) is 0 Å². The lowest BCUT2D eigenvalue weighted by molar-refractivity contribution is 0.102. The molecule has 0 saturated carbocycles. The fourth-order valence-electron chi connectivity index (χ4n) is 1.46. The lowest BCUT2D eigenvalue weighted by Gasteiger charge is -2.09. The smallest absolute Gasteiger partial charge is 0.275 e. The van der Waals surface area contributed by atoms with Gasteiger partial charge in [0.15, 0.2) is 0 Å². The molecule has 1 aromatic heterocycles. The number of carbonyl (C=O) groups is 1. The van der Waals surface area contributed by atoms with E-state index < -0.39 is 11.7 Å². The first kappa shape index (κ1) is 14.7. The Balaban J connectivity index is 2.30. The number of hydrogen-bond acceptors (Lipinski definition) is 4. The Morgan fingerprint density at radius 3 is 2.80 bits per heavy atom. The zero-order valence-electron chi connectivity index (χ0n) is 9.95. The van der Waals surface area contributed by atoms with Crippen LogP contribution in [0.25, 0.3) is 0 Å². The van der Waals surface area contributed by atoms with Gasteiger partial charge in [-0.15, -0.1) is 0 Å². The van der Waals surface area contributed by atoms with Crippen molar-refractivity contribution < 1.29 is 9.18 Å². The number of nitrogens with one attached hydrogen (secondary N) is 2. The zero-order chi connectivity index (χ0) is 14.7. The van der Waals surface area contributed by atoms with Crippen LogP contribution in [0.15, 0.2) is 34.8 Å². The number of amides is 1. The number of pyridine rings is 1. The number of halogens is 3. The summed E-state index contributed by atoms with van der Waals surface area (Å²) in [6.07, 6.45) is 0. The molecule has 0 atom stereocenters. The Bertz CT molecular complexity index is 668. The lowest BCUT2D eigenvalue weighted by atomic mass is 10.3. The van der Waals surface area contributed by atoms with E-state index >= 15 is 0 Å². The van der Waals surface area contributed by atoms with Crippen LogP contribution in [0.1, 0.15) is 10.5 Å². The first-order chi connectivity index (χ1) is 9.51. The summed E-state index contributed by atoms with van der Waals surface area (Å²) >= 11 is 9.12. The van der Waals surface area contributed by atoms with Crippen molar-refractivity contribution in [1.29, 1.82) is 0 Å². The number of nitrogens with two attached hydrogens (primary N) is 1. The Hall–Kier alpha value is -1.70. The number of aromatic nitrogens is 1. The van der Waals surface area contributed by atoms with Crippen molar-refractivity contribution in [2.24, 2.45) is 5.84 Å². The van der Waals surface area contributed by atoms with Gasteiger partial charge in [0.05, 0.1) is 10.7 Å². The first-order valence-corrected chi connectivity index (χ1v) is 6.58. The molecule has 1 aromatic carbocycles. The fraction of sp³-hybridized carbons (Fsp3) is 0. The Labute approximate surface area is 127 Å². The topological polar surface area (TPSA) is 80.0 Å². The molecule has 20 heavy (non-hydrogen) atoms. The molecule has 0 unspecified atom stereocenters. The standard InChI is InChI=1S/C12H9BrClFN4O/c13-7-2-1-6(15)5-9(7)17-12(20)11-8(14)3-4-10(18-11)19-16/h1-5H,16H2,(H,17,20)(H,18,19). The average molecular weight is 360 g/mol. The Morgan fingerprint density at radius 2 is 2.10 bits per heavy atom. The molecule has 1 amide bonds. The minimum atomic E-state index is -0.571. The highest BCUT2D eigenvalue weighted by molar-refractivity contribution is 9.10. The van der Waals surface area contributed by atoms with Crippen LogP contribution in [0.3, 0.4) is 0 Å². The van der Waals surface area contributed by atoms with E-state index in [-0.39, 0.29) is 22.2 Å². The van der Waals surface area contributed by atoms with Crippen LogP contribution in [-0.2, 0) is 0 Å². The van der Waals surface area contributed by atoms with Crippen LogP contribution >= 0.6 is 27.5 Å². The number of nitrogen functional groups attached to an aromatic ring is 1. The summed E-state index contributed by atoms with van der Waals surface area (Å²) in [5, 5.41) is 2.68. The monoisotopic (exact) mass is 358 g/mol. The maximum Gasteiger partial charge on any atom is 0.275 e. The van der Waals surface area contributed by atoms with Gasteiger partial charge in [-0.2, -0.15) is 0 Å². The van der Waals surface area contributed by atoms with Gasteiger partial charge in [-0.3, -0.25) is 4.79 Å². The van der Waals surface area contributed by atoms with Crippen LogP contribution in [-0.4, -0.2) is 10.9 Å². The Morgan fingerprint density at radius 1 is 1.35 bits per heavy atom. The summed E-state index contributed by atoms with van der Waals surface area (Å²) in [7, 11) is 0. The minimum Gasteiger partial charge on any atom is -0.319 e. The van der Waals surface area contributed by atoms with Gasteiger partial charge in [0, 0.05) is 4.47 Å². The largest absolute Gasteiger partial charge is 0.319 e. The van der Waals surface area contributed by atoms with Gasteiger partial charge in [-0.25, -0.2) is 15.2 Å². The molecule has 5 nitrogen and oxygen atoms in total. The molecule has 0 spiro atoms. The zero-order valence-corrected chi connectivity index (χ0v) is 12.3. The highest BCUT2D eigenvalue weighted by atomic mass is 79.9. The maximum atomic E-state index is 13.2. The predicted octanol–water partition coefficient (Wildman–Crippen LogP) is 3.17. The molecule has 0 aliphatic carbocycles.